The van der Waals surface area contributed by atoms with Crippen molar-refractivity contribution in [3.8, 4) is 5.75 Å². The normalized spacial score (nSPS) is 10.3. The fourth-order valence-electron chi connectivity index (χ4n) is 1.74. The molecule has 0 saturated heterocycles. The van der Waals surface area contributed by atoms with Gasteiger partial charge in [0.05, 0.1) is 19.3 Å². The Morgan fingerprint density at radius 1 is 1.37 bits per heavy atom. The van der Waals surface area contributed by atoms with Crippen molar-refractivity contribution in [1.82, 2.24) is 4.90 Å². The molecule has 4 nitrogen and oxygen atoms in total. The SMILES string of the molecule is CCOCCN(CC)C(=O)c1cc(Br)ccc1OC. The van der Waals surface area contributed by atoms with E-state index in [-0.39, 0.29) is 5.91 Å². The van der Waals surface area contributed by atoms with Crippen LogP contribution in [0.15, 0.2) is 22.7 Å². The van der Waals surface area contributed by atoms with Crippen LogP contribution in [-0.2, 0) is 4.74 Å². The quantitative estimate of drug-likeness (QED) is 0.722. The molecule has 0 bridgehead atoms. The molecule has 0 aliphatic carbocycles. The molecule has 0 aliphatic heterocycles. The number of benzene rings is 1. The van der Waals surface area contributed by atoms with Gasteiger partial charge in [-0.2, -0.15) is 0 Å². The molecule has 0 aromatic heterocycles. The van der Waals surface area contributed by atoms with Gasteiger partial charge in [0, 0.05) is 24.2 Å². The molecule has 1 amide bonds. The van der Waals surface area contributed by atoms with E-state index < -0.39 is 0 Å². The molecule has 0 radical (unpaired) electrons. The van der Waals surface area contributed by atoms with Crippen molar-refractivity contribution >= 4 is 21.8 Å². The van der Waals surface area contributed by atoms with Gasteiger partial charge in [0.15, 0.2) is 0 Å². The lowest BCUT2D eigenvalue weighted by atomic mass is 10.1. The van der Waals surface area contributed by atoms with Crippen LogP contribution in [0.2, 0.25) is 0 Å². The van der Waals surface area contributed by atoms with Gasteiger partial charge in [-0.1, -0.05) is 15.9 Å². The van der Waals surface area contributed by atoms with Crippen LogP contribution in [0.1, 0.15) is 24.2 Å². The van der Waals surface area contributed by atoms with Crippen molar-refractivity contribution < 1.29 is 14.3 Å². The first-order chi connectivity index (χ1) is 9.13. The Bertz CT molecular complexity index is 423. The minimum absolute atomic E-state index is 0.0413. The summed E-state index contributed by atoms with van der Waals surface area (Å²) >= 11 is 3.38. The fourth-order valence-corrected chi connectivity index (χ4v) is 2.10. The van der Waals surface area contributed by atoms with E-state index in [2.05, 4.69) is 15.9 Å². The second-order valence-electron chi connectivity index (χ2n) is 3.93. The summed E-state index contributed by atoms with van der Waals surface area (Å²) in [5.74, 6) is 0.545. The Hall–Kier alpha value is -1.07. The first kappa shape index (κ1) is 16.0. The number of methoxy groups -OCH3 is 1. The second-order valence-corrected chi connectivity index (χ2v) is 4.84. The van der Waals surface area contributed by atoms with Gasteiger partial charge in [0.2, 0.25) is 0 Å². The third-order valence-corrected chi connectivity index (χ3v) is 3.26. The van der Waals surface area contributed by atoms with E-state index in [1.807, 2.05) is 19.9 Å². The lowest BCUT2D eigenvalue weighted by Gasteiger charge is -2.22. The number of rotatable bonds is 7. The van der Waals surface area contributed by atoms with Crippen LogP contribution in [0.4, 0.5) is 0 Å². The van der Waals surface area contributed by atoms with Gasteiger partial charge < -0.3 is 14.4 Å². The van der Waals surface area contributed by atoms with E-state index in [9.17, 15) is 4.79 Å². The maximum atomic E-state index is 12.5. The lowest BCUT2D eigenvalue weighted by molar-refractivity contribution is 0.0666. The van der Waals surface area contributed by atoms with E-state index >= 15 is 0 Å². The second kappa shape index (κ2) is 8.17. The Balaban J connectivity index is 2.87. The number of likely N-dealkylation sites (N-methyl/N-ethyl adjacent to an activating group) is 1. The van der Waals surface area contributed by atoms with Crippen LogP contribution in [0, 0.1) is 0 Å². The molecule has 0 fully saturated rings. The largest absolute Gasteiger partial charge is 0.496 e. The molecule has 0 N–H and O–H groups in total. The van der Waals surface area contributed by atoms with Crippen molar-refractivity contribution in [1.29, 1.82) is 0 Å². The Labute approximate surface area is 122 Å². The fraction of sp³-hybridized carbons (Fsp3) is 0.500. The zero-order valence-corrected chi connectivity index (χ0v) is 13.2. The van der Waals surface area contributed by atoms with Gasteiger partial charge in [-0.25, -0.2) is 0 Å². The van der Waals surface area contributed by atoms with E-state index in [4.69, 9.17) is 9.47 Å². The highest BCUT2D eigenvalue weighted by molar-refractivity contribution is 9.10. The Morgan fingerprint density at radius 3 is 2.68 bits per heavy atom. The van der Waals surface area contributed by atoms with Gasteiger partial charge in [-0.15, -0.1) is 0 Å². The molecule has 19 heavy (non-hydrogen) atoms. The molecule has 5 heteroatoms. The molecule has 1 aromatic rings. The number of ether oxygens (including phenoxy) is 2. The average Bonchev–Trinajstić information content (AvgIpc) is 2.43. The van der Waals surface area contributed by atoms with Gasteiger partial charge >= 0.3 is 0 Å². The highest BCUT2D eigenvalue weighted by Gasteiger charge is 2.18. The predicted molar refractivity (Wildman–Crippen MR) is 78.8 cm³/mol. The van der Waals surface area contributed by atoms with E-state index in [1.54, 1.807) is 24.1 Å². The summed E-state index contributed by atoms with van der Waals surface area (Å²) in [5.41, 5.74) is 0.565. The van der Waals surface area contributed by atoms with E-state index in [0.717, 1.165) is 4.47 Å². The summed E-state index contributed by atoms with van der Waals surface area (Å²) in [6.07, 6.45) is 0. The number of hydrogen-bond acceptors (Lipinski definition) is 3. The molecule has 0 atom stereocenters. The molecule has 0 aliphatic rings. The molecular formula is C14H20BrNO3. The first-order valence-electron chi connectivity index (χ1n) is 6.34. The smallest absolute Gasteiger partial charge is 0.257 e. The molecule has 0 spiro atoms. The summed E-state index contributed by atoms with van der Waals surface area (Å²) in [5, 5.41) is 0. The summed E-state index contributed by atoms with van der Waals surface area (Å²) < 4.78 is 11.4. The number of amides is 1. The van der Waals surface area contributed by atoms with Crippen molar-refractivity contribution in [2.24, 2.45) is 0 Å². The molecule has 0 saturated carbocycles. The van der Waals surface area contributed by atoms with Crippen molar-refractivity contribution in [2.75, 3.05) is 33.4 Å². The van der Waals surface area contributed by atoms with Gasteiger partial charge in [-0.3, -0.25) is 4.79 Å². The number of halogens is 1. The van der Waals surface area contributed by atoms with Crippen LogP contribution in [0.25, 0.3) is 0 Å². The van der Waals surface area contributed by atoms with E-state index in [0.29, 0.717) is 37.6 Å². The number of nitrogens with zero attached hydrogens (tertiary/aromatic N) is 1. The van der Waals surface area contributed by atoms with Crippen LogP contribution in [0.5, 0.6) is 5.75 Å². The van der Waals surface area contributed by atoms with Crippen molar-refractivity contribution in [3.05, 3.63) is 28.2 Å². The summed E-state index contributed by atoms with van der Waals surface area (Å²) in [6.45, 7) is 6.32. The summed E-state index contributed by atoms with van der Waals surface area (Å²) in [6, 6.07) is 5.42. The van der Waals surface area contributed by atoms with Crippen LogP contribution in [-0.4, -0.2) is 44.2 Å². The van der Waals surface area contributed by atoms with Crippen LogP contribution in [0.3, 0.4) is 0 Å². The third kappa shape index (κ3) is 4.51. The first-order valence-corrected chi connectivity index (χ1v) is 7.13. The van der Waals surface area contributed by atoms with Crippen LogP contribution >= 0.6 is 15.9 Å². The monoisotopic (exact) mass is 329 g/mol. The highest BCUT2D eigenvalue weighted by atomic mass is 79.9. The number of carbonyl (C=O) groups is 1. The molecule has 0 heterocycles. The minimum atomic E-state index is -0.0413. The van der Waals surface area contributed by atoms with Gasteiger partial charge in [-0.05, 0) is 32.0 Å². The van der Waals surface area contributed by atoms with E-state index in [1.165, 1.54) is 0 Å². The van der Waals surface area contributed by atoms with Gasteiger partial charge in [0.25, 0.3) is 5.91 Å². The molecule has 1 aromatic carbocycles. The van der Waals surface area contributed by atoms with Crippen molar-refractivity contribution in [3.63, 3.8) is 0 Å². The highest BCUT2D eigenvalue weighted by Crippen LogP contribution is 2.24. The molecule has 0 unspecified atom stereocenters. The van der Waals surface area contributed by atoms with Crippen LogP contribution < -0.4 is 4.74 Å². The average molecular weight is 330 g/mol. The standard InChI is InChI=1S/C14H20BrNO3/c1-4-16(8-9-19-5-2)14(17)12-10-11(15)6-7-13(12)18-3/h6-7,10H,4-5,8-9H2,1-3H3. The maximum absolute atomic E-state index is 12.5. The Kier molecular flexibility index (Phi) is 6.87. The Morgan fingerprint density at radius 2 is 2.11 bits per heavy atom. The maximum Gasteiger partial charge on any atom is 0.257 e. The zero-order valence-electron chi connectivity index (χ0n) is 11.6. The number of carbonyl (C=O) groups excluding carboxylic acids is 1. The molecule has 1 rings (SSSR count). The van der Waals surface area contributed by atoms with Crippen molar-refractivity contribution in [2.45, 2.75) is 13.8 Å². The lowest BCUT2D eigenvalue weighted by Crippen LogP contribution is -2.34. The number of hydrogen-bond donors (Lipinski definition) is 0. The third-order valence-electron chi connectivity index (χ3n) is 2.77. The summed E-state index contributed by atoms with van der Waals surface area (Å²) in [7, 11) is 1.57. The zero-order chi connectivity index (χ0) is 14.3. The summed E-state index contributed by atoms with van der Waals surface area (Å²) in [4.78, 5) is 14.2. The van der Waals surface area contributed by atoms with Gasteiger partial charge in [0.1, 0.15) is 5.75 Å². The minimum Gasteiger partial charge on any atom is -0.496 e. The predicted octanol–water partition coefficient (Wildman–Crippen LogP) is 2.96. The topological polar surface area (TPSA) is 38.8 Å². The molecule has 106 valence electrons. The molecular weight excluding hydrogens is 310 g/mol.